The number of carboxylic acids is 1. The van der Waals surface area contributed by atoms with Crippen LogP contribution in [0.5, 0.6) is 5.75 Å². The monoisotopic (exact) mass is 588 g/mol. The van der Waals surface area contributed by atoms with Crippen molar-refractivity contribution in [2.75, 3.05) is 4.90 Å². The Morgan fingerprint density at radius 2 is 1.75 bits per heavy atom. The molecular weight excluding hydrogens is 575 g/mol. The van der Waals surface area contributed by atoms with Crippen molar-refractivity contribution in [2.24, 2.45) is 0 Å². The van der Waals surface area contributed by atoms with Crippen LogP contribution in [0.2, 0.25) is 10.0 Å². The van der Waals surface area contributed by atoms with E-state index < -0.39 is 23.8 Å². The second kappa shape index (κ2) is 10.5. The number of carboxylic acid groups (broad SMARTS) is 1. The van der Waals surface area contributed by atoms with Crippen LogP contribution in [0.25, 0.3) is 6.08 Å². The van der Waals surface area contributed by atoms with Gasteiger partial charge in [-0.15, -0.1) is 0 Å². The lowest BCUT2D eigenvalue weighted by Crippen LogP contribution is -2.54. The number of aromatic carboxylic acids is 1. The van der Waals surface area contributed by atoms with E-state index in [0.717, 1.165) is 4.90 Å². The smallest absolute Gasteiger partial charge is 0.335 e. The van der Waals surface area contributed by atoms with Gasteiger partial charge in [0.1, 0.15) is 17.9 Å². The summed E-state index contributed by atoms with van der Waals surface area (Å²) in [5.41, 5.74) is 0.833. The molecule has 0 aromatic heterocycles. The van der Waals surface area contributed by atoms with Crippen LogP contribution in [0.1, 0.15) is 21.5 Å². The van der Waals surface area contributed by atoms with E-state index in [9.17, 15) is 19.2 Å². The van der Waals surface area contributed by atoms with Crippen molar-refractivity contribution < 1.29 is 29.0 Å². The second-order valence-electron chi connectivity index (χ2n) is 7.52. The average molecular weight is 590 g/mol. The minimum atomic E-state index is -1.16. The highest BCUT2D eigenvalue weighted by Gasteiger charge is 2.37. The van der Waals surface area contributed by atoms with Crippen molar-refractivity contribution in [3.8, 4) is 5.75 Å². The van der Waals surface area contributed by atoms with Gasteiger partial charge in [-0.3, -0.25) is 14.9 Å². The lowest BCUT2D eigenvalue weighted by Gasteiger charge is -2.26. The van der Waals surface area contributed by atoms with Crippen molar-refractivity contribution in [1.29, 1.82) is 0 Å². The fourth-order valence-corrected chi connectivity index (χ4v) is 4.20. The molecule has 0 aliphatic carbocycles. The molecule has 0 atom stereocenters. The van der Waals surface area contributed by atoms with Gasteiger partial charge >= 0.3 is 12.0 Å². The Bertz CT molecular complexity index is 1440. The standard InChI is InChI=1S/C25H15BrCl2N2O6/c26-16-4-8-21(36-12-14-1-5-17(27)11-20(14)28)15(9-16)10-19-22(31)29-25(35)30(23(19)32)18-6-2-13(3-7-18)24(33)34/h1-11H,12H2,(H,33,34)(H,29,31,35)/b19-10+. The number of nitrogens with one attached hydrogen (secondary N) is 1. The second-order valence-corrected chi connectivity index (χ2v) is 9.28. The van der Waals surface area contributed by atoms with E-state index in [1.165, 1.54) is 30.3 Å². The largest absolute Gasteiger partial charge is 0.488 e. The van der Waals surface area contributed by atoms with Gasteiger partial charge in [0.2, 0.25) is 0 Å². The van der Waals surface area contributed by atoms with Gasteiger partial charge in [-0.25, -0.2) is 14.5 Å². The first-order valence-electron chi connectivity index (χ1n) is 10.2. The number of carbonyl (C=O) groups excluding carboxylic acids is 3. The van der Waals surface area contributed by atoms with E-state index in [2.05, 4.69) is 21.2 Å². The molecule has 4 amide bonds. The van der Waals surface area contributed by atoms with E-state index in [1.54, 1.807) is 36.4 Å². The number of halogens is 3. The predicted molar refractivity (Wildman–Crippen MR) is 137 cm³/mol. The number of amides is 4. The third-order valence-corrected chi connectivity index (χ3v) is 6.22. The molecule has 8 nitrogen and oxygen atoms in total. The molecule has 0 bridgehead atoms. The van der Waals surface area contributed by atoms with Gasteiger partial charge in [-0.1, -0.05) is 45.2 Å². The summed E-state index contributed by atoms with van der Waals surface area (Å²) >= 11 is 15.5. The summed E-state index contributed by atoms with van der Waals surface area (Å²) in [5.74, 6) is -2.56. The van der Waals surface area contributed by atoms with Gasteiger partial charge in [-0.05, 0) is 60.7 Å². The molecule has 3 aromatic rings. The molecule has 0 radical (unpaired) electrons. The third kappa shape index (κ3) is 5.43. The molecule has 0 saturated carbocycles. The number of hydrogen-bond donors (Lipinski definition) is 2. The number of anilines is 1. The number of ether oxygens (including phenoxy) is 1. The number of hydrogen-bond acceptors (Lipinski definition) is 5. The first kappa shape index (κ1) is 25.4. The molecule has 0 spiro atoms. The van der Waals surface area contributed by atoms with Crippen LogP contribution in [0.4, 0.5) is 10.5 Å². The van der Waals surface area contributed by atoms with Gasteiger partial charge in [0.25, 0.3) is 11.8 Å². The highest BCUT2D eigenvalue weighted by molar-refractivity contribution is 9.10. The molecular formula is C25H15BrCl2N2O6. The first-order chi connectivity index (χ1) is 17.1. The van der Waals surface area contributed by atoms with Crippen molar-refractivity contribution in [1.82, 2.24) is 5.32 Å². The number of rotatable bonds is 6. The van der Waals surface area contributed by atoms with Crippen molar-refractivity contribution in [3.63, 3.8) is 0 Å². The quantitative estimate of drug-likeness (QED) is 0.282. The minimum Gasteiger partial charge on any atom is -0.488 e. The molecule has 1 heterocycles. The summed E-state index contributed by atoms with van der Waals surface area (Å²) in [6, 6.07) is 14.2. The van der Waals surface area contributed by atoms with Crippen LogP contribution in [-0.2, 0) is 16.2 Å². The first-order valence-corrected chi connectivity index (χ1v) is 11.8. The van der Waals surface area contributed by atoms with Crippen molar-refractivity contribution >= 4 is 74.7 Å². The predicted octanol–water partition coefficient (Wildman–Crippen LogP) is 5.70. The van der Waals surface area contributed by atoms with Gasteiger partial charge in [-0.2, -0.15) is 0 Å². The Balaban J connectivity index is 1.66. The molecule has 4 rings (SSSR count). The number of nitrogens with zero attached hydrogens (tertiary/aromatic N) is 1. The zero-order chi connectivity index (χ0) is 26.0. The molecule has 1 fully saturated rings. The zero-order valence-corrected chi connectivity index (χ0v) is 21.2. The Hall–Kier alpha value is -3.66. The molecule has 182 valence electrons. The fraction of sp³-hybridized carbons (Fsp3) is 0.0400. The number of barbiturate groups is 1. The number of imide groups is 2. The highest BCUT2D eigenvalue weighted by Crippen LogP contribution is 2.30. The van der Waals surface area contributed by atoms with E-state index in [1.807, 2.05) is 0 Å². The average Bonchev–Trinajstić information content (AvgIpc) is 2.82. The van der Waals surface area contributed by atoms with Gasteiger partial charge < -0.3 is 9.84 Å². The van der Waals surface area contributed by atoms with Gasteiger partial charge in [0, 0.05) is 25.6 Å². The van der Waals surface area contributed by atoms with Gasteiger partial charge in [0.15, 0.2) is 0 Å². The molecule has 1 aliphatic rings. The Kier molecular flexibility index (Phi) is 7.44. The summed E-state index contributed by atoms with van der Waals surface area (Å²) in [4.78, 5) is 50.1. The normalized spacial score (nSPS) is 14.7. The van der Waals surface area contributed by atoms with Crippen LogP contribution in [-0.4, -0.2) is 28.9 Å². The number of urea groups is 1. The Labute approximate surface area is 223 Å². The lowest BCUT2D eigenvalue weighted by molar-refractivity contribution is -0.122. The SMILES string of the molecule is O=C1NC(=O)N(c2ccc(C(=O)O)cc2)C(=O)/C1=C/c1cc(Br)ccc1OCc1ccc(Cl)cc1Cl. The summed E-state index contributed by atoms with van der Waals surface area (Å²) in [5, 5.41) is 12.1. The Morgan fingerprint density at radius 3 is 2.42 bits per heavy atom. The maximum absolute atomic E-state index is 13.2. The highest BCUT2D eigenvalue weighted by atomic mass is 79.9. The van der Waals surface area contributed by atoms with Crippen molar-refractivity contribution in [3.05, 3.63) is 97.4 Å². The maximum Gasteiger partial charge on any atom is 0.335 e. The summed E-state index contributed by atoms with van der Waals surface area (Å²) in [6.07, 6.45) is 1.31. The van der Waals surface area contributed by atoms with E-state index in [0.29, 0.717) is 31.4 Å². The molecule has 3 aromatic carbocycles. The molecule has 36 heavy (non-hydrogen) atoms. The third-order valence-electron chi connectivity index (χ3n) is 5.14. The molecule has 2 N–H and O–H groups in total. The Morgan fingerprint density at radius 1 is 1.03 bits per heavy atom. The van der Waals surface area contributed by atoms with Crippen LogP contribution >= 0.6 is 39.1 Å². The minimum absolute atomic E-state index is 0.0211. The summed E-state index contributed by atoms with van der Waals surface area (Å²) < 4.78 is 6.57. The molecule has 11 heteroatoms. The van der Waals surface area contributed by atoms with E-state index >= 15 is 0 Å². The maximum atomic E-state index is 13.2. The van der Waals surface area contributed by atoms with E-state index in [4.69, 9.17) is 33.0 Å². The van der Waals surface area contributed by atoms with Crippen LogP contribution < -0.4 is 15.0 Å². The van der Waals surface area contributed by atoms with Crippen LogP contribution in [0.3, 0.4) is 0 Å². The fourth-order valence-electron chi connectivity index (χ4n) is 3.36. The topological polar surface area (TPSA) is 113 Å². The lowest BCUT2D eigenvalue weighted by atomic mass is 10.1. The number of benzene rings is 3. The van der Waals surface area contributed by atoms with Crippen LogP contribution in [0.15, 0.2) is 70.7 Å². The zero-order valence-electron chi connectivity index (χ0n) is 18.1. The molecule has 1 aliphatic heterocycles. The summed E-state index contributed by atoms with van der Waals surface area (Å²) in [7, 11) is 0. The number of carbonyl (C=O) groups is 4. The van der Waals surface area contributed by atoms with Gasteiger partial charge in [0.05, 0.1) is 11.3 Å². The summed E-state index contributed by atoms with van der Waals surface area (Å²) in [6.45, 7) is 0.0918. The van der Waals surface area contributed by atoms with E-state index in [-0.39, 0.29) is 23.4 Å². The molecule has 1 saturated heterocycles. The van der Waals surface area contributed by atoms with Crippen LogP contribution in [0, 0.1) is 0 Å². The van der Waals surface area contributed by atoms with Crippen molar-refractivity contribution in [2.45, 2.75) is 6.61 Å². The molecule has 0 unspecified atom stereocenters.